The van der Waals surface area contributed by atoms with Gasteiger partial charge in [-0.3, -0.25) is 15.5 Å². The molecule has 0 aromatic heterocycles. The van der Waals surface area contributed by atoms with Crippen LogP contribution in [-0.2, 0) is 0 Å². The number of ether oxygens (including phenoxy) is 2. The summed E-state index contributed by atoms with van der Waals surface area (Å²) in [5.74, 6) is 1.35. The zero-order chi connectivity index (χ0) is 14.7. The van der Waals surface area contributed by atoms with E-state index in [0.717, 1.165) is 5.56 Å². The molecule has 0 fully saturated rings. The average Bonchev–Trinajstić information content (AvgIpc) is 2.95. The molecule has 0 aliphatic carbocycles. The maximum Gasteiger partial charge on any atom is 0.294 e. The van der Waals surface area contributed by atoms with Crippen molar-refractivity contribution in [2.45, 2.75) is 0 Å². The van der Waals surface area contributed by atoms with Crippen molar-refractivity contribution in [1.82, 2.24) is 0 Å². The lowest BCUT2D eigenvalue weighted by Gasteiger charge is -2.01. The maximum absolute atomic E-state index is 10.9. The van der Waals surface area contributed by atoms with Crippen molar-refractivity contribution in [3.05, 3.63) is 58.1 Å². The highest BCUT2D eigenvalue weighted by Gasteiger charge is 2.13. The van der Waals surface area contributed by atoms with Gasteiger partial charge >= 0.3 is 0 Å². The first-order valence-electron chi connectivity index (χ1n) is 6.16. The molecule has 0 bridgehead atoms. The molecule has 1 aliphatic rings. The van der Waals surface area contributed by atoms with Crippen LogP contribution in [-0.4, -0.2) is 17.9 Å². The first-order chi connectivity index (χ1) is 10.2. The van der Waals surface area contributed by atoms with Crippen molar-refractivity contribution in [3.63, 3.8) is 0 Å². The van der Waals surface area contributed by atoms with Crippen LogP contribution in [0.1, 0.15) is 5.56 Å². The van der Waals surface area contributed by atoms with Crippen LogP contribution in [0, 0.1) is 10.1 Å². The zero-order valence-corrected chi connectivity index (χ0v) is 10.9. The fourth-order valence-corrected chi connectivity index (χ4v) is 1.90. The monoisotopic (exact) mass is 285 g/mol. The molecule has 1 aliphatic heterocycles. The van der Waals surface area contributed by atoms with Crippen molar-refractivity contribution < 1.29 is 14.4 Å². The number of hydrazone groups is 1. The molecular formula is C14H11N3O4. The zero-order valence-electron chi connectivity index (χ0n) is 10.9. The molecule has 0 saturated carbocycles. The predicted octanol–water partition coefficient (Wildman–Crippen LogP) is 2.77. The van der Waals surface area contributed by atoms with E-state index in [1.165, 1.54) is 6.07 Å². The van der Waals surface area contributed by atoms with Gasteiger partial charge in [0.25, 0.3) is 5.69 Å². The number of para-hydroxylation sites is 2. The number of rotatable bonds is 4. The Morgan fingerprint density at radius 1 is 1.19 bits per heavy atom. The standard InChI is InChI=1S/C14H11N3O4/c18-17(19)12-4-2-1-3-11(12)16-15-8-10-5-6-13-14(7-10)21-9-20-13/h1-8,16H,9H2/b15-8-. The van der Waals surface area contributed by atoms with E-state index in [9.17, 15) is 10.1 Å². The topological polar surface area (TPSA) is 86.0 Å². The Morgan fingerprint density at radius 3 is 2.86 bits per heavy atom. The summed E-state index contributed by atoms with van der Waals surface area (Å²) < 4.78 is 10.5. The summed E-state index contributed by atoms with van der Waals surface area (Å²) in [4.78, 5) is 10.4. The van der Waals surface area contributed by atoms with Crippen molar-refractivity contribution in [2.75, 3.05) is 12.2 Å². The normalized spacial score (nSPS) is 12.6. The van der Waals surface area contributed by atoms with Crippen LogP contribution in [0.3, 0.4) is 0 Å². The number of anilines is 1. The number of benzene rings is 2. The van der Waals surface area contributed by atoms with E-state index in [2.05, 4.69) is 10.5 Å². The molecular weight excluding hydrogens is 274 g/mol. The third-order valence-electron chi connectivity index (χ3n) is 2.90. The summed E-state index contributed by atoms with van der Waals surface area (Å²) in [5.41, 5.74) is 3.77. The average molecular weight is 285 g/mol. The third kappa shape index (κ3) is 2.76. The van der Waals surface area contributed by atoms with Gasteiger partial charge in [0, 0.05) is 6.07 Å². The van der Waals surface area contributed by atoms with E-state index in [0.29, 0.717) is 17.2 Å². The molecule has 0 atom stereocenters. The molecule has 21 heavy (non-hydrogen) atoms. The number of nitro benzene ring substituents is 1. The van der Waals surface area contributed by atoms with Gasteiger partial charge in [-0.25, -0.2) is 0 Å². The van der Waals surface area contributed by atoms with Gasteiger partial charge in [0.2, 0.25) is 6.79 Å². The molecule has 1 N–H and O–H groups in total. The number of fused-ring (bicyclic) bond motifs is 1. The summed E-state index contributed by atoms with van der Waals surface area (Å²) >= 11 is 0. The van der Waals surface area contributed by atoms with Gasteiger partial charge in [0.15, 0.2) is 11.5 Å². The minimum absolute atomic E-state index is 0.0275. The largest absolute Gasteiger partial charge is 0.454 e. The summed E-state index contributed by atoms with van der Waals surface area (Å²) in [6.45, 7) is 0.213. The molecule has 0 saturated heterocycles. The molecule has 106 valence electrons. The second-order valence-electron chi connectivity index (χ2n) is 4.26. The molecule has 7 nitrogen and oxygen atoms in total. The van der Waals surface area contributed by atoms with Gasteiger partial charge in [-0.15, -0.1) is 0 Å². The van der Waals surface area contributed by atoms with Gasteiger partial charge in [0.05, 0.1) is 11.1 Å². The van der Waals surface area contributed by atoms with Crippen LogP contribution in [0.25, 0.3) is 0 Å². The second-order valence-corrected chi connectivity index (χ2v) is 4.26. The minimum atomic E-state index is -0.460. The number of nitrogens with one attached hydrogen (secondary N) is 1. The predicted molar refractivity (Wildman–Crippen MR) is 76.9 cm³/mol. The Morgan fingerprint density at radius 2 is 2.00 bits per heavy atom. The summed E-state index contributed by atoms with van der Waals surface area (Å²) in [6.07, 6.45) is 1.55. The van der Waals surface area contributed by atoms with E-state index < -0.39 is 4.92 Å². The third-order valence-corrected chi connectivity index (χ3v) is 2.90. The molecule has 0 unspecified atom stereocenters. The van der Waals surface area contributed by atoms with Crippen LogP contribution < -0.4 is 14.9 Å². The first kappa shape index (κ1) is 12.9. The lowest BCUT2D eigenvalue weighted by atomic mass is 10.2. The fourth-order valence-electron chi connectivity index (χ4n) is 1.90. The SMILES string of the molecule is O=[N+]([O-])c1ccccc1N/N=C\c1ccc2c(c1)OCO2. The van der Waals surface area contributed by atoms with Crippen LogP contribution in [0.5, 0.6) is 11.5 Å². The maximum atomic E-state index is 10.9. The van der Waals surface area contributed by atoms with Crippen molar-refractivity contribution in [2.24, 2.45) is 5.10 Å². The highest BCUT2D eigenvalue weighted by atomic mass is 16.7. The van der Waals surface area contributed by atoms with E-state index >= 15 is 0 Å². The molecule has 3 rings (SSSR count). The van der Waals surface area contributed by atoms with Crippen LogP contribution >= 0.6 is 0 Å². The lowest BCUT2D eigenvalue weighted by molar-refractivity contribution is -0.384. The van der Waals surface area contributed by atoms with Gasteiger partial charge in [-0.2, -0.15) is 5.10 Å². The lowest BCUT2D eigenvalue weighted by Crippen LogP contribution is -1.96. The van der Waals surface area contributed by atoms with Gasteiger partial charge < -0.3 is 9.47 Å². The Hall–Kier alpha value is -3.09. The summed E-state index contributed by atoms with van der Waals surface area (Å²) in [6, 6.07) is 11.7. The number of hydrogen-bond donors (Lipinski definition) is 1. The first-order valence-corrected chi connectivity index (χ1v) is 6.16. The second kappa shape index (κ2) is 5.49. The summed E-state index contributed by atoms with van der Waals surface area (Å²) in [7, 11) is 0. The number of nitrogens with zero attached hydrogens (tertiary/aromatic N) is 2. The Bertz CT molecular complexity index is 715. The van der Waals surface area contributed by atoms with E-state index in [-0.39, 0.29) is 12.5 Å². The molecule has 2 aromatic carbocycles. The van der Waals surface area contributed by atoms with Gasteiger partial charge in [-0.05, 0) is 29.8 Å². The molecule has 0 amide bonds. The summed E-state index contributed by atoms with van der Waals surface area (Å²) in [5, 5.41) is 14.9. The van der Waals surface area contributed by atoms with Crippen molar-refractivity contribution in [3.8, 4) is 11.5 Å². The van der Waals surface area contributed by atoms with E-state index in [4.69, 9.17) is 9.47 Å². The fraction of sp³-hybridized carbons (Fsp3) is 0.0714. The van der Waals surface area contributed by atoms with E-state index in [1.807, 2.05) is 6.07 Å². The van der Waals surface area contributed by atoms with Crippen LogP contribution in [0.4, 0.5) is 11.4 Å². The molecule has 0 spiro atoms. The quantitative estimate of drug-likeness (QED) is 0.530. The minimum Gasteiger partial charge on any atom is -0.454 e. The van der Waals surface area contributed by atoms with E-state index in [1.54, 1.807) is 36.5 Å². The van der Waals surface area contributed by atoms with Crippen molar-refractivity contribution in [1.29, 1.82) is 0 Å². The Labute approximate surface area is 120 Å². The van der Waals surface area contributed by atoms with Crippen molar-refractivity contribution >= 4 is 17.6 Å². The Kier molecular flexibility index (Phi) is 3.38. The van der Waals surface area contributed by atoms with Gasteiger partial charge in [0.1, 0.15) is 5.69 Å². The molecule has 7 heteroatoms. The smallest absolute Gasteiger partial charge is 0.294 e. The number of nitro groups is 1. The highest BCUT2D eigenvalue weighted by molar-refractivity contribution is 5.82. The van der Waals surface area contributed by atoms with Crippen LogP contribution in [0.2, 0.25) is 0 Å². The molecule has 0 radical (unpaired) electrons. The van der Waals surface area contributed by atoms with Gasteiger partial charge in [-0.1, -0.05) is 12.1 Å². The number of hydrogen-bond acceptors (Lipinski definition) is 6. The highest BCUT2D eigenvalue weighted by Crippen LogP contribution is 2.32. The Balaban J connectivity index is 1.74. The molecule has 1 heterocycles. The van der Waals surface area contributed by atoms with Crippen LogP contribution in [0.15, 0.2) is 47.6 Å². The molecule has 2 aromatic rings.